The van der Waals surface area contributed by atoms with Crippen LogP contribution in [-0.4, -0.2) is 59.8 Å². The van der Waals surface area contributed by atoms with Crippen LogP contribution >= 0.6 is 22.6 Å². The average molecular weight is 624 g/mol. The molecule has 5 amide bonds. The molecule has 2 aromatic rings. The molecule has 0 aliphatic rings. The fourth-order valence-electron chi connectivity index (χ4n) is 2.83. The van der Waals surface area contributed by atoms with E-state index in [0.29, 0.717) is 34.5 Å². The summed E-state index contributed by atoms with van der Waals surface area (Å²) in [5, 5.41) is 12.8. The normalized spacial score (nSPS) is 11.0. The van der Waals surface area contributed by atoms with Crippen LogP contribution in [-0.2, 0) is 25.7 Å². The largest absolute Gasteiger partial charge is 0.445 e. The van der Waals surface area contributed by atoms with Crippen molar-refractivity contribution in [1.29, 1.82) is 0 Å². The summed E-state index contributed by atoms with van der Waals surface area (Å²) < 4.78 is 5.35. The lowest BCUT2D eigenvalue weighted by atomic mass is 10.2. The van der Waals surface area contributed by atoms with Crippen molar-refractivity contribution in [2.24, 2.45) is 5.73 Å². The zero-order valence-electron chi connectivity index (χ0n) is 20.1. The summed E-state index contributed by atoms with van der Waals surface area (Å²) in [5.41, 5.74) is 7.39. The van der Waals surface area contributed by atoms with Crippen molar-refractivity contribution in [3.05, 3.63) is 59.7 Å². The van der Waals surface area contributed by atoms with Crippen LogP contribution in [0.25, 0.3) is 0 Å². The number of anilines is 2. The molecule has 13 heteroatoms. The Labute approximate surface area is 227 Å². The lowest BCUT2D eigenvalue weighted by Crippen LogP contribution is -2.45. The molecule has 7 N–H and O–H groups in total. The quantitative estimate of drug-likeness (QED) is 0.151. The van der Waals surface area contributed by atoms with E-state index in [-0.39, 0.29) is 19.1 Å². The number of halogens is 1. The molecule has 0 aromatic heterocycles. The smallest absolute Gasteiger partial charge is 0.407 e. The topological polar surface area (TPSA) is 181 Å². The number of alkyl carbamates (subject to hydrolysis) is 1. The van der Waals surface area contributed by atoms with Gasteiger partial charge in [0.15, 0.2) is 0 Å². The molecule has 0 aliphatic heterocycles. The number of rotatable bonds is 12. The summed E-state index contributed by atoms with van der Waals surface area (Å²) in [5.74, 6) is -1.62. The highest BCUT2D eigenvalue weighted by Gasteiger charge is 2.17. The highest BCUT2D eigenvalue weighted by molar-refractivity contribution is 14.1. The summed E-state index contributed by atoms with van der Waals surface area (Å²) in [6.45, 7) is 1.88. The van der Waals surface area contributed by atoms with Crippen LogP contribution in [0.1, 0.15) is 22.8 Å². The zero-order chi connectivity index (χ0) is 27.2. The predicted octanol–water partition coefficient (Wildman–Crippen LogP) is 1.12. The maximum Gasteiger partial charge on any atom is 0.407 e. The molecule has 12 nitrogen and oxygen atoms in total. The summed E-state index contributed by atoms with van der Waals surface area (Å²) in [4.78, 5) is 59.7. The highest BCUT2D eigenvalue weighted by Crippen LogP contribution is 2.11. The third-order valence-electron chi connectivity index (χ3n) is 4.74. The zero-order valence-corrected chi connectivity index (χ0v) is 22.3. The van der Waals surface area contributed by atoms with Gasteiger partial charge in [0.05, 0.1) is 11.0 Å². The number of alkyl halides is 1. The van der Waals surface area contributed by atoms with E-state index in [1.165, 1.54) is 19.1 Å². The Morgan fingerprint density at radius 1 is 0.892 bits per heavy atom. The van der Waals surface area contributed by atoms with E-state index in [2.05, 4.69) is 26.6 Å². The van der Waals surface area contributed by atoms with E-state index < -0.39 is 29.9 Å². The molecule has 198 valence electrons. The van der Waals surface area contributed by atoms with Crippen molar-refractivity contribution < 1.29 is 28.7 Å². The number of hydrogen-bond donors (Lipinski definition) is 6. The predicted molar refractivity (Wildman–Crippen MR) is 146 cm³/mol. The van der Waals surface area contributed by atoms with Crippen molar-refractivity contribution in [2.75, 3.05) is 34.7 Å². The number of nitrogens with two attached hydrogens (primary N) is 1. The third kappa shape index (κ3) is 10.8. The molecule has 0 aliphatic carbocycles. The Bertz CT molecular complexity index is 1090. The second kappa shape index (κ2) is 15.4. The molecule has 0 fully saturated rings. The average Bonchev–Trinajstić information content (AvgIpc) is 2.90. The Hall–Kier alpha value is -3.72. The van der Waals surface area contributed by atoms with Crippen molar-refractivity contribution in [2.45, 2.75) is 19.6 Å². The second-order valence-electron chi connectivity index (χ2n) is 7.71. The molecular formula is C24H29IN6O6. The van der Waals surface area contributed by atoms with E-state index in [9.17, 15) is 24.0 Å². The van der Waals surface area contributed by atoms with Gasteiger partial charge in [-0.25, -0.2) is 4.79 Å². The minimum Gasteiger partial charge on any atom is -0.445 e. The van der Waals surface area contributed by atoms with E-state index >= 15 is 0 Å². The van der Waals surface area contributed by atoms with Crippen molar-refractivity contribution in [1.82, 2.24) is 16.0 Å². The van der Waals surface area contributed by atoms with Crippen LogP contribution in [0.5, 0.6) is 0 Å². The number of amides is 5. The molecule has 0 radical (unpaired) electrons. The van der Waals surface area contributed by atoms with Gasteiger partial charge >= 0.3 is 6.09 Å². The van der Waals surface area contributed by atoms with Gasteiger partial charge in [-0.2, -0.15) is 0 Å². The van der Waals surface area contributed by atoms with Crippen LogP contribution in [0.4, 0.5) is 16.2 Å². The van der Waals surface area contributed by atoms with Crippen molar-refractivity contribution >= 4 is 63.7 Å². The van der Waals surface area contributed by atoms with Crippen LogP contribution in [0.3, 0.4) is 0 Å². The summed E-state index contributed by atoms with van der Waals surface area (Å²) in [6, 6.07) is 12.0. The summed E-state index contributed by atoms with van der Waals surface area (Å²) >= 11 is 1.94. The van der Waals surface area contributed by atoms with Crippen LogP contribution in [0.15, 0.2) is 48.5 Å². The number of ether oxygens (including phenoxy) is 1. The number of benzene rings is 2. The first-order valence-corrected chi connectivity index (χ1v) is 12.8. The van der Waals surface area contributed by atoms with E-state index in [1.807, 2.05) is 22.6 Å². The van der Waals surface area contributed by atoms with Crippen LogP contribution in [0.2, 0.25) is 0 Å². The van der Waals surface area contributed by atoms with Crippen molar-refractivity contribution in [3.63, 3.8) is 0 Å². The van der Waals surface area contributed by atoms with E-state index in [4.69, 9.17) is 10.5 Å². The molecule has 0 saturated heterocycles. The number of hydrogen-bond acceptors (Lipinski definition) is 7. The van der Waals surface area contributed by atoms with Crippen LogP contribution in [0, 0.1) is 0 Å². The molecule has 0 spiro atoms. The fraction of sp³-hybridized carbons (Fsp3) is 0.292. The van der Waals surface area contributed by atoms with E-state index in [0.717, 1.165) is 5.56 Å². The standard InChI is InChI=1S/C24H29IN6O6/c1-15(22(34)31-19-6-2-16(3-7-19)14-37-24(36)27-11-10-26)29-21(33)13-28-23(35)17-4-8-18(9-5-17)30-20(32)12-25/h2-9,15H,10-14,26H2,1H3,(H,27,36)(H,28,35)(H,29,33)(H,30,32)(H,31,34)/t15-/m0/s1. The van der Waals surface area contributed by atoms with Gasteiger partial charge in [-0.1, -0.05) is 34.7 Å². The molecule has 2 aromatic carbocycles. The molecule has 0 unspecified atom stereocenters. The first kappa shape index (κ1) is 29.5. The Morgan fingerprint density at radius 3 is 2.14 bits per heavy atom. The van der Waals surface area contributed by atoms with Gasteiger partial charge < -0.3 is 37.1 Å². The summed E-state index contributed by atoms with van der Waals surface area (Å²) in [7, 11) is 0. The van der Waals surface area contributed by atoms with E-state index in [1.54, 1.807) is 36.4 Å². The fourth-order valence-corrected chi connectivity index (χ4v) is 3.02. The highest BCUT2D eigenvalue weighted by atomic mass is 127. The SMILES string of the molecule is C[C@H](NC(=O)CNC(=O)c1ccc(NC(=O)CI)cc1)C(=O)Nc1ccc(COC(=O)NCCN)cc1. The number of nitrogens with one attached hydrogen (secondary N) is 5. The third-order valence-corrected chi connectivity index (χ3v) is 5.43. The van der Waals surface area contributed by atoms with Gasteiger partial charge in [0, 0.05) is 30.0 Å². The Morgan fingerprint density at radius 2 is 1.51 bits per heavy atom. The molecule has 2 rings (SSSR count). The molecular weight excluding hydrogens is 595 g/mol. The lowest BCUT2D eigenvalue weighted by molar-refractivity contribution is -0.125. The molecule has 0 bridgehead atoms. The first-order valence-electron chi connectivity index (χ1n) is 11.3. The van der Waals surface area contributed by atoms with Gasteiger partial charge in [0.25, 0.3) is 5.91 Å². The maximum atomic E-state index is 12.4. The lowest BCUT2D eigenvalue weighted by Gasteiger charge is -2.15. The Kier molecular flexibility index (Phi) is 12.3. The van der Waals surface area contributed by atoms with Crippen LogP contribution < -0.4 is 32.3 Å². The summed E-state index contributed by atoms with van der Waals surface area (Å²) in [6.07, 6.45) is -0.571. The molecule has 0 heterocycles. The van der Waals surface area contributed by atoms with Crippen molar-refractivity contribution in [3.8, 4) is 0 Å². The van der Waals surface area contributed by atoms with Gasteiger partial charge in [0.2, 0.25) is 17.7 Å². The van der Waals surface area contributed by atoms with Gasteiger partial charge in [0.1, 0.15) is 12.6 Å². The molecule has 0 saturated carbocycles. The minimum absolute atomic E-state index is 0.0576. The monoisotopic (exact) mass is 624 g/mol. The first-order chi connectivity index (χ1) is 17.7. The molecule has 37 heavy (non-hydrogen) atoms. The van der Waals surface area contributed by atoms with Gasteiger partial charge in [-0.3, -0.25) is 19.2 Å². The minimum atomic E-state index is -0.862. The number of carbonyl (C=O) groups excluding carboxylic acids is 5. The van der Waals surface area contributed by atoms with Gasteiger partial charge in [-0.05, 0) is 48.9 Å². The second-order valence-corrected chi connectivity index (χ2v) is 8.47. The number of carbonyl (C=O) groups is 5. The maximum absolute atomic E-state index is 12.4. The van der Waals surface area contributed by atoms with Gasteiger partial charge in [-0.15, -0.1) is 0 Å². The molecule has 1 atom stereocenters. The Balaban J connectivity index is 1.74.